The van der Waals surface area contributed by atoms with Gasteiger partial charge in [0.15, 0.2) is 0 Å². The van der Waals surface area contributed by atoms with Crippen LogP contribution < -0.4 is 4.90 Å². The molecule has 122 valence electrons. The largest absolute Gasteiger partial charge is 0.368 e. The average molecular weight is 330 g/mol. The minimum absolute atomic E-state index is 0.0107. The standard InChI is InChI=1S/C17H22N4OS/c1-17(2,3)16-19-12-14(23-16)15(22)21-10-8-20(9-11-21)13-4-6-18-7-5-13/h4-7,12H,8-11H2,1-3H3. The van der Waals surface area contributed by atoms with Crippen LogP contribution in [0.2, 0.25) is 0 Å². The number of carbonyl (C=O) groups excluding carboxylic acids is 1. The summed E-state index contributed by atoms with van der Waals surface area (Å²) < 4.78 is 0. The topological polar surface area (TPSA) is 49.3 Å². The van der Waals surface area contributed by atoms with Gasteiger partial charge in [0.05, 0.1) is 11.2 Å². The smallest absolute Gasteiger partial charge is 0.265 e. The zero-order valence-corrected chi connectivity index (χ0v) is 14.6. The number of thiazole rings is 1. The van der Waals surface area contributed by atoms with Gasteiger partial charge in [0.25, 0.3) is 5.91 Å². The number of anilines is 1. The van der Waals surface area contributed by atoms with E-state index >= 15 is 0 Å². The van der Waals surface area contributed by atoms with Crippen LogP contribution >= 0.6 is 11.3 Å². The lowest BCUT2D eigenvalue weighted by Gasteiger charge is -2.35. The van der Waals surface area contributed by atoms with Crippen molar-refractivity contribution < 1.29 is 4.79 Å². The first-order valence-corrected chi connectivity index (χ1v) is 8.67. The molecule has 0 saturated carbocycles. The highest BCUT2D eigenvalue weighted by Gasteiger charge is 2.26. The number of aromatic nitrogens is 2. The molecule has 1 aliphatic heterocycles. The molecule has 0 aromatic carbocycles. The second kappa shape index (κ2) is 6.28. The lowest BCUT2D eigenvalue weighted by atomic mass is 9.98. The second-order valence-corrected chi connectivity index (χ2v) is 7.79. The van der Waals surface area contributed by atoms with E-state index in [4.69, 9.17) is 0 Å². The van der Waals surface area contributed by atoms with Crippen LogP contribution in [0.4, 0.5) is 5.69 Å². The van der Waals surface area contributed by atoms with Crippen LogP contribution in [0.15, 0.2) is 30.7 Å². The van der Waals surface area contributed by atoms with Crippen molar-refractivity contribution in [1.82, 2.24) is 14.9 Å². The molecular formula is C17H22N4OS. The quantitative estimate of drug-likeness (QED) is 0.849. The highest BCUT2D eigenvalue weighted by atomic mass is 32.1. The fraction of sp³-hybridized carbons (Fsp3) is 0.471. The number of amides is 1. The minimum atomic E-state index is -0.0107. The Morgan fingerprint density at radius 1 is 1.13 bits per heavy atom. The number of piperazine rings is 1. The molecule has 3 rings (SSSR count). The second-order valence-electron chi connectivity index (χ2n) is 6.76. The zero-order valence-electron chi connectivity index (χ0n) is 13.8. The molecule has 0 aliphatic carbocycles. The molecule has 0 N–H and O–H groups in total. The SMILES string of the molecule is CC(C)(C)c1ncc(C(=O)N2CCN(c3ccncc3)CC2)s1. The molecule has 1 amide bonds. The van der Waals surface area contributed by atoms with Crippen molar-refractivity contribution in [2.45, 2.75) is 26.2 Å². The molecule has 0 atom stereocenters. The molecular weight excluding hydrogens is 308 g/mol. The van der Waals surface area contributed by atoms with E-state index < -0.39 is 0 Å². The Labute approximate surface area is 141 Å². The summed E-state index contributed by atoms with van der Waals surface area (Å²) >= 11 is 1.51. The number of hydrogen-bond acceptors (Lipinski definition) is 5. The third-order valence-electron chi connectivity index (χ3n) is 3.95. The van der Waals surface area contributed by atoms with E-state index in [2.05, 4.69) is 35.6 Å². The monoisotopic (exact) mass is 330 g/mol. The van der Waals surface area contributed by atoms with Gasteiger partial charge in [0.1, 0.15) is 4.88 Å². The van der Waals surface area contributed by atoms with Crippen LogP contribution in [0.25, 0.3) is 0 Å². The highest BCUT2D eigenvalue weighted by molar-refractivity contribution is 7.13. The summed E-state index contributed by atoms with van der Waals surface area (Å²) in [5.74, 6) is 0.104. The van der Waals surface area contributed by atoms with E-state index in [1.165, 1.54) is 17.0 Å². The summed E-state index contributed by atoms with van der Waals surface area (Å²) in [6, 6.07) is 4.02. The van der Waals surface area contributed by atoms with E-state index in [1.807, 2.05) is 17.0 Å². The fourth-order valence-corrected chi connectivity index (χ4v) is 3.54. The lowest BCUT2D eigenvalue weighted by molar-refractivity contribution is 0.0751. The molecule has 5 nitrogen and oxygen atoms in total. The Kier molecular flexibility index (Phi) is 4.35. The molecule has 2 aromatic heterocycles. The first kappa shape index (κ1) is 15.9. The van der Waals surface area contributed by atoms with Crippen molar-refractivity contribution in [2.24, 2.45) is 0 Å². The van der Waals surface area contributed by atoms with Gasteiger partial charge in [-0.1, -0.05) is 20.8 Å². The average Bonchev–Trinajstić information content (AvgIpc) is 3.05. The number of rotatable bonds is 2. The van der Waals surface area contributed by atoms with E-state index in [-0.39, 0.29) is 11.3 Å². The number of nitrogens with zero attached hydrogens (tertiary/aromatic N) is 4. The van der Waals surface area contributed by atoms with Gasteiger partial charge in [-0.15, -0.1) is 11.3 Å². The molecule has 2 aromatic rings. The molecule has 1 fully saturated rings. The summed E-state index contributed by atoms with van der Waals surface area (Å²) in [5.41, 5.74) is 1.16. The van der Waals surface area contributed by atoms with Gasteiger partial charge in [-0.25, -0.2) is 4.98 Å². The summed E-state index contributed by atoms with van der Waals surface area (Å²) in [6.07, 6.45) is 5.33. The molecule has 6 heteroatoms. The molecule has 1 saturated heterocycles. The van der Waals surface area contributed by atoms with Crippen molar-refractivity contribution in [3.63, 3.8) is 0 Å². The zero-order chi connectivity index (χ0) is 16.4. The molecule has 0 bridgehead atoms. The van der Waals surface area contributed by atoms with Crippen LogP contribution in [-0.4, -0.2) is 47.0 Å². The van der Waals surface area contributed by atoms with Gasteiger partial charge in [0.2, 0.25) is 0 Å². The fourth-order valence-electron chi connectivity index (χ4n) is 2.60. The van der Waals surface area contributed by atoms with E-state index in [9.17, 15) is 4.79 Å². The lowest BCUT2D eigenvalue weighted by Crippen LogP contribution is -2.48. The maximum atomic E-state index is 12.7. The first-order chi connectivity index (χ1) is 10.9. The van der Waals surface area contributed by atoms with Gasteiger partial charge < -0.3 is 9.80 Å². The van der Waals surface area contributed by atoms with E-state index in [1.54, 1.807) is 18.6 Å². The predicted molar refractivity (Wildman–Crippen MR) is 93.2 cm³/mol. The molecule has 23 heavy (non-hydrogen) atoms. The van der Waals surface area contributed by atoms with Gasteiger partial charge in [-0.3, -0.25) is 9.78 Å². The molecule has 0 spiro atoms. The van der Waals surface area contributed by atoms with Gasteiger partial charge in [-0.2, -0.15) is 0 Å². The highest BCUT2D eigenvalue weighted by Crippen LogP contribution is 2.27. The Morgan fingerprint density at radius 2 is 1.78 bits per heavy atom. The maximum absolute atomic E-state index is 12.7. The third-order valence-corrected chi connectivity index (χ3v) is 5.36. The van der Waals surface area contributed by atoms with Gasteiger partial charge >= 0.3 is 0 Å². The number of hydrogen-bond donors (Lipinski definition) is 0. The van der Waals surface area contributed by atoms with Crippen LogP contribution in [0, 0.1) is 0 Å². The normalized spacial score (nSPS) is 15.8. The Hall–Kier alpha value is -1.95. The number of pyridine rings is 1. The maximum Gasteiger partial charge on any atom is 0.265 e. The van der Waals surface area contributed by atoms with Gasteiger partial charge in [0, 0.05) is 49.7 Å². The molecule has 0 unspecified atom stereocenters. The van der Waals surface area contributed by atoms with Crippen LogP contribution in [0.1, 0.15) is 35.5 Å². The van der Waals surface area contributed by atoms with Crippen molar-refractivity contribution in [1.29, 1.82) is 0 Å². The Balaban J connectivity index is 1.63. The summed E-state index contributed by atoms with van der Waals surface area (Å²) in [7, 11) is 0. The van der Waals surface area contributed by atoms with Gasteiger partial charge in [-0.05, 0) is 12.1 Å². The van der Waals surface area contributed by atoms with Crippen molar-refractivity contribution in [2.75, 3.05) is 31.1 Å². The van der Waals surface area contributed by atoms with Crippen molar-refractivity contribution in [3.8, 4) is 0 Å². The van der Waals surface area contributed by atoms with Crippen LogP contribution in [0.5, 0.6) is 0 Å². The molecule has 3 heterocycles. The summed E-state index contributed by atoms with van der Waals surface area (Å²) in [5, 5.41) is 1.01. The third kappa shape index (κ3) is 3.52. The van der Waals surface area contributed by atoms with Crippen LogP contribution in [0.3, 0.4) is 0 Å². The van der Waals surface area contributed by atoms with Crippen molar-refractivity contribution >= 4 is 22.9 Å². The number of carbonyl (C=O) groups is 1. The van der Waals surface area contributed by atoms with E-state index in [0.717, 1.165) is 36.1 Å². The summed E-state index contributed by atoms with van der Waals surface area (Å²) in [4.78, 5) is 26.1. The van der Waals surface area contributed by atoms with Crippen LogP contribution in [-0.2, 0) is 5.41 Å². The predicted octanol–water partition coefficient (Wildman–Crippen LogP) is 2.80. The van der Waals surface area contributed by atoms with E-state index in [0.29, 0.717) is 0 Å². The Bertz CT molecular complexity index is 669. The molecule has 1 aliphatic rings. The Morgan fingerprint density at radius 3 is 2.35 bits per heavy atom. The summed E-state index contributed by atoms with van der Waals surface area (Å²) in [6.45, 7) is 9.53. The minimum Gasteiger partial charge on any atom is -0.368 e. The first-order valence-electron chi connectivity index (χ1n) is 7.86. The molecule has 0 radical (unpaired) electrons. The van der Waals surface area contributed by atoms with Crippen molar-refractivity contribution in [3.05, 3.63) is 40.6 Å².